The maximum atomic E-state index is 10.8. The van der Waals surface area contributed by atoms with Crippen molar-refractivity contribution in [2.45, 2.75) is 17.9 Å². The Balaban J connectivity index is 1.45. The first kappa shape index (κ1) is 17.9. The number of aromatic nitrogens is 4. The number of nitrogens with one attached hydrogen (secondary N) is 1. The lowest BCUT2D eigenvalue weighted by atomic mass is 9.90. The number of rotatable bonds is 4. The number of amidine groups is 1. The second-order valence-corrected chi connectivity index (χ2v) is 7.73. The van der Waals surface area contributed by atoms with Crippen molar-refractivity contribution >= 4 is 5.84 Å². The summed E-state index contributed by atoms with van der Waals surface area (Å²) in [7, 11) is 3.82. The van der Waals surface area contributed by atoms with Crippen molar-refractivity contribution in [2.24, 2.45) is 19.1 Å². The van der Waals surface area contributed by atoms with Crippen LogP contribution in [-0.2, 0) is 14.1 Å². The zero-order chi connectivity index (χ0) is 20.0. The molecule has 4 heterocycles. The predicted octanol–water partition coefficient (Wildman–Crippen LogP) is 2.04. The molecule has 2 aliphatic heterocycles. The minimum atomic E-state index is -0.701. The molecule has 29 heavy (non-hydrogen) atoms. The highest BCUT2D eigenvalue weighted by Gasteiger charge is 2.34. The van der Waals surface area contributed by atoms with E-state index < -0.39 is 6.10 Å². The van der Waals surface area contributed by atoms with Gasteiger partial charge in [0.15, 0.2) is 0 Å². The molecule has 1 saturated heterocycles. The minimum Gasteiger partial charge on any atom is -0.382 e. The van der Waals surface area contributed by atoms with Crippen molar-refractivity contribution < 1.29 is 5.11 Å². The monoisotopic (exact) mass is 388 g/mol. The van der Waals surface area contributed by atoms with Gasteiger partial charge < -0.3 is 10.4 Å². The van der Waals surface area contributed by atoms with Crippen LogP contribution in [0.2, 0.25) is 0 Å². The molecule has 3 unspecified atom stereocenters. The maximum absolute atomic E-state index is 10.8. The summed E-state index contributed by atoms with van der Waals surface area (Å²) in [6.07, 6.45) is 5.56. The average Bonchev–Trinajstić information content (AvgIpc) is 3.45. The van der Waals surface area contributed by atoms with Crippen LogP contribution in [0.5, 0.6) is 0 Å². The third-order valence-electron chi connectivity index (χ3n) is 5.79. The van der Waals surface area contributed by atoms with E-state index in [4.69, 9.17) is 10.1 Å². The summed E-state index contributed by atoms with van der Waals surface area (Å²) in [6.45, 7) is 1.49. The number of fused-ring (bicyclic) bond motifs is 1. The molecule has 2 aromatic heterocycles. The van der Waals surface area contributed by atoms with Gasteiger partial charge in [0.1, 0.15) is 11.9 Å². The molecule has 0 spiro atoms. The Hall–Kier alpha value is -3.19. The first-order valence-corrected chi connectivity index (χ1v) is 9.86. The second-order valence-electron chi connectivity index (χ2n) is 7.73. The minimum absolute atomic E-state index is 0.121. The Kier molecular flexibility index (Phi) is 4.32. The van der Waals surface area contributed by atoms with Crippen LogP contribution in [0.4, 0.5) is 0 Å². The smallest absolute Gasteiger partial charge is 0.124 e. The molecule has 1 fully saturated rings. The van der Waals surface area contributed by atoms with Gasteiger partial charge in [0.25, 0.3) is 0 Å². The van der Waals surface area contributed by atoms with E-state index in [1.54, 1.807) is 4.68 Å². The number of aliphatic imine (C=N–C) groups is 1. The topological polar surface area (TPSA) is 80.3 Å². The highest BCUT2D eigenvalue weighted by Crippen LogP contribution is 2.35. The Bertz CT molecular complexity index is 1090. The van der Waals surface area contributed by atoms with Crippen LogP contribution >= 0.6 is 0 Å². The SMILES string of the molecule is Cn1cc(C2C=C3C(=NC2)NCC3c2cc(C(O)c3ccccc3)n(C)n2)cn1. The quantitative estimate of drug-likeness (QED) is 0.717. The zero-order valence-corrected chi connectivity index (χ0v) is 16.5. The molecule has 1 aromatic carbocycles. The molecule has 7 heteroatoms. The number of benzene rings is 1. The van der Waals surface area contributed by atoms with Gasteiger partial charge >= 0.3 is 0 Å². The number of dihydropyridines is 1. The summed E-state index contributed by atoms with van der Waals surface area (Å²) < 4.78 is 3.61. The Labute approximate surface area is 169 Å². The largest absolute Gasteiger partial charge is 0.382 e. The van der Waals surface area contributed by atoms with E-state index in [9.17, 15) is 5.11 Å². The molecular weight excluding hydrogens is 364 g/mol. The van der Waals surface area contributed by atoms with Crippen molar-refractivity contribution in [3.05, 3.63) is 83.0 Å². The lowest BCUT2D eigenvalue weighted by molar-refractivity contribution is 0.210. The molecule has 0 aliphatic carbocycles. The van der Waals surface area contributed by atoms with Crippen molar-refractivity contribution in [3.8, 4) is 0 Å². The van der Waals surface area contributed by atoms with Gasteiger partial charge in [-0.2, -0.15) is 10.2 Å². The van der Waals surface area contributed by atoms with E-state index in [0.29, 0.717) is 0 Å². The third-order valence-corrected chi connectivity index (χ3v) is 5.79. The van der Waals surface area contributed by atoms with Crippen LogP contribution in [0.15, 0.2) is 65.4 Å². The fourth-order valence-corrected chi connectivity index (χ4v) is 4.21. The van der Waals surface area contributed by atoms with E-state index in [0.717, 1.165) is 35.9 Å². The van der Waals surface area contributed by atoms with Gasteiger partial charge in [-0.15, -0.1) is 0 Å². The summed E-state index contributed by atoms with van der Waals surface area (Å²) in [6, 6.07) is 11.7. The van der Waals surface area contributed by atoms with Gasteiger partial charge in [-0.25, -0.2) is 0 Å². The average molecular weight is 388 g/mol. The van der Waals surface area contributed by atoms with E-state index in [1.165, 1.54) is 11.1 Å². The summed E-state index contributed by atoms with van der Waals surface area (Å²) >= 11 is 0. The zero-order valence-electron chi connectivity index (χ0n) is 16.5. The normalized spacial score (nSPS) is 21.9. The van der Waals surface area contributed by atoms with Crippen LogP contribution in [0.1, 0.15) is 40.5 Å². The molecule has 3 aromatic rings. The molecule has 5 rings (SSSR count). The van der Waals surface area contributed by atoms with Crippen molar-refractivity contribution in [1.82, 2.24) is 24.9 Å². The van der Waals surface area contributed by atoms with E-state index in [1.807, 2.05) is 61.4 Å². The Morgan fingerprint density at radius 3 is 2.79 bits per heavy atom. The summed E-state index contributed by atoms with van der Waals surface area (Å²) in [5.74, 6) is 1.31. The number of aryl methyl sites for hydroxylation is 2. The first-order chi connectivity index (χ1) is 14.1. The second kappa shape index (κ2) is 7.00. The van der Waals surface area contributed by atoms with Gasteiger partial charge in [-0.3, -0.25) is 14.4 Å². The van der Waals surface area contributed by atoms with Gasteiger partial charge in [0, 0.05) is 44.2 Å². The lowest BCUT2D eigenvalue weighted by Gasteiger charge is -2.17. The highest BCUT2D eigenvalue weighted by molar-refractivity contribution is 6.02. The molecule has 0 amide bonds. The third kappa shape index (κ3) is 3.17. The first-order valence-electron chi connectivity index (χ1n) is 9.86. The van der Waals surface area contributed by atoms with Crippen LogP contribution in [0, 0.1) is 0 Å². The molecule has 0 saturated carbocycles. The summed E-state index contributed by atoms with van der Waals surface area (Å²) in [5, 5.41) is 23.3. The fourth-order valence-electron chi connectivity index (χ4n) is 4.21. The van der Waals surface area contributed by atoms with E-state index >= 15 is 0 Å². The molecule has 0 bridgehead atoms. The number of hydrogen-bond donors (Lipinski definition) is 2. The Morgan fingerprint density at radius 2 is 2.03 bits per heavy atom. The van der Waals surface area contributed by atoms with Crippen LogP contribution < -0.4 is 5.32 Å². The van der Waals surface area contributed by atoms with Crippen LogP contribution in [-0.4, -0.2) is 43.6 Å². The Morgan fingerprint density at radius 1 is 1.21 bits per heavy atom. The van der Waals surface area contributed by atoms with E-state index in [2.05, 4.69) is 22.7 Å². The molecule has 0 radical (unpaired) electrons. The summed E-state index contributed by atoms with van der Waals surface area (Å²) in [4.78, 5) is 4.76. The highest BCUT2D eigenvalue weighted by atomic mass is 16.3. The standard InChI is InChI=1S/C22H24N6O/c1-27-13-16(11-25-27)15-8-17-18(12-24-22(17)23-10-15)19-9-20(28(2)26-19)21(29)14-6-4-3-5-7-14/h3-9,11,13,15,18,21,29H,10,12H2,1-2H3,(H,23,24). The van der Waals surface area contributed by atoms with E-state index in [-0.39, 0.29) is 11.8 Å². The molecule has 2 N–H and O–H groups in total. The lowest BCUT2D eigenvalue weighted by Crippen LogP contribution is -2.20. The molecule has 148 valence electrons. The molecule has 3 atom stereocenters. The maximum Gasteiger partial charge on any atom is 0.124 e. The summed E-state index contributed by atoms with van der Waals surface area (Å²) in [5.41, 5.74) is 4.96. The van der Waals surface area contributed by atoms with Crippen LogP contribution in [0.3, 0.4) is 0 Å². The molecule has 7 nitrogen and oxygen atoms in total. The van der Waals surface area contributed by atoms with Gasteiger partial charge in [0.2, 0.25) is 0 Å². The fraction of sp³-hybridized carbons (Fsp3) is 0.318. The van der Waals surface area contributed by atoms with Crippen molar-refractivity contribution in [2.75, 3.05) is 13.1 Å². The van der Waals surface area contributed by atoms with Crippen LogP contribution in [0.25, 0.3) is 0 Å². The van der Waals surface area contributed by atoms with Gasteiger partial charge in [0.05, 0.1) is 24.1 Å². The number of nitrogens with zero attached hydrogens (tertiary/aromatic N) is 5. The molecular formula is C22H24N6O. The van der Waals surface area contributed by atoms with Gasteiger partial charge in [-0.1, -0.05) is 36.4 Å². The molecule has 2 aliphatic rings. The predicted molar refractivity (Wildman–Crippen MR) is 111 cm³/mol. The number of aliphatic hydroxyl groups is 1. The number of hydrogen-bond acceptors (Lipinski definition) is 5. The number of aliphatic hydroxyl groups excluding tert-OH is 1. The van der Waals surface area contributed by atoms with Crippen molar-refractivity contribution in [1.29, 1.82) is 0 Å². The van der Waals surface area contributed by atoms with Crippen molar-refractivity contribution in [3.63, 3.8) is 0 Å². The van der Waals surface area contributed by atoms with Gasteiger partial charge in [-0.05, 0) is 17.2 Å².